The number of benzene rings is 1. The van der Waals surface area contributed by atoms with Crippen molar-refractivity contribution >= 4 is 23.0 Å². The summed E-state index contributed by atoms with van der Waals surface area (Å²) in [6, 6.07) is 8.89. The number of furan rings is 1. The van der Waals surface area contributed by atoms with E-state index in [1.165, 1.54) is 0 Å². The van der Waals surface area contributed by atoms with Crippen molar-refractivity contribution in [3.63, 3.8) is 0 Å². The zero-order valence-corrected chi connectivity index (χ0v) is 20.3. The number of rotatable bonds is 7. The van der Waals surface area contributed by atoms with Gasteiger partial charge >= 0.3 is 0 Å². The maximum absolute atomic E-state index is 15.3. The second kappa shape index (κ2) is 9.27. The van der Waals surface area contributed by atoms with Gasteiger partial charge in [0.2, 0.25) is 11.8 Å². The normalized spacial score (nSPS) is 16.2. The third kappa shape index (κ3) is 5.13. The molecule has 0 amide bonds. The van der Waals surface area contributed by atoms with Crippen molar-refractivity contribution in [3.8, 4) is 11.6 Å². The van der Waals surface area contributed by atoms with Gasteiger partial charge in [-0.05, 0) is 52.3 Å². The standard InChI is InChI=1S/C25H29FN6O3/c1-15-8-9-20(35-15)23-30-24(31-25(2,3)4)29-22-19(12-27-32(22)23)28-18-7-5-6-16(21(18)26)13-34-17-10-11-33-14-17/h5-9,12,17,28H,10-11,13-14H2,1-4H3,(H,29,31)/t17-/m0/s1. The molecule has 2 N–H and O–H groups in total. The van der Waals surface area contributed by atoms with Crippen LogP contribution in [0, 0.1) is 12.7 Å². The van der Waals surface area contributed by atoms with Crippen molar-refractivity contribution in [2.24, 2.45) is 0 Å². The van der Waals surface area contributed by atoms with Crippen LogP contribution in [0.1, 0.15) is 38.5 Å². The highest BCUT2D eigenvalue weighted by atomic mass is 19.1. The minimum Gasteiger partial charge on any atom is -0.458 e. The Balaban J connectivity index is 1.49. The van der Waals surface area contributed by atoms with Crippen LogP contribution < -0.4 is 10.6 Å². The molecule has 4 heterocycles. The summed E-state index contributed by atoms with van der Waals surface area (Å²) in [7, 11) is 0. The van der Waals surface area contributed by atoms with Crippen molar-refractivity contribution in [2.45, 2.75) is 52.4 Å². The van der Waals surface area contributed by atoms with Gasteiger partial charge in [0.05, 0.1) is 31.2 Å². The van der Waals surface area contributed by atoms with Crippen molar-refractivity contribution in [3.05, 3.63) is 53.7 Å². The Labute approximate surface area is 202 Å². The number of nitrogens with one attached hydrogen (secondary N) is 2. The van der Waals surface area contributed by atoms with Gasteiger partial charge < -0.3 is 24.5 Å². The molecule has 10 heteroatoms. The van der Waals surface area contributed by atoms with E-state index in [4.69, 9.17) is 13.9 Å². The topological polar surface area (TPSA) is 98.7 Å². The van der Waals surface area contributed by atoms with Crippen LogP contribution in [0.15, 0.2) is 40.9 Å². The second-order valence-corrected chi connectivity index (χ2v) is 9.65. The SMILES string of the molecule is Cc1ccc(-c2nc(NC(C)(C)C)nc3c(Nc4cccc(CO[C@H]5CCOC5)c4F)cnn23)o1. The number of aromatic nitrogens is 4. The summed E-state index contributed by atoms with van der Waals surface area (Å²) >= 11 is 0. The molecule has 0 spiro atoms. The van der Waals surface area contributed by atoms with Gasteiger partial charge in [0, 0.05) is 17.7 Å². The highest BCUT2D eigenvalue weighted by molar-refractivity contribution is 5.76. The molecular formula is C25H29FN6O3. The van der Waals surface area contributed by atoms with Crippen LogP contribution in [0.4, 0.5) is 21.7 Å². The molecule has 0 aliphatic carbocycles. The van der Waals surface area contributed by atoms with Gasteiger partial charge in [0.15, 0.2) is 17.2 Å². The maximum atomic E-state index is 15.3. The van der Waals surface area contributed by atoms with E-state index < -0.39 is 0 Å². The monoisotopic (exact) mass is 480 g/mol. The molecule has 1 aliphatic heterocycles. The summed E-state index contributed by atoms with van der Waals surface area (Å²) in [5, 5.41) is 10.9. The third-order valence-corrected chi connectivity index (χ3v) is 5.53. The molecule has 5 rings (SSSR count). The molecule has 3 aromatic heterocycles. The number of fused-ring (bicyclic) bond motifs is 1. The molecular weight excluding hydrogens is 451 g/mol. The average Bonchev–Trinajstić information content (AvgIpc) is 3.55. The predicted molar refractivity (Wildman–Crippen MR) is 130 cm³/mol. The first-order valence-electron chi connectivity index (χ1n) is 11.6. The fourth-order valence-corrected chi connectivity index (χ4v) is 3.86. The van der Waals surface area contributed by atoms with Crippen molar-refractivity contribution in [1.29, 1.82) is 0 Å². The summed E-state index contributed by atoms with van der Waals surface area (Å²) < 4.78 is 33.9. The molecule has 1 aromatic carbocycles. The van der Waals surface area contributed by atoms with E-state index in [1.807, 2.05) is 39.8 Å². The lowest BCUT2D eigenvalue weighted by atomic mass is 10.1. The molecule has 0 bridgehead atoms. The molecule has 9 nitrogen and oxygen atoms in total. The summed E-state index contributed by atoms with van der Waals surface area (Å²) in [5.41, 5.74) is 1.53. The Morgan fingerprint density at radius 3 is 2.74 bits per heavy atom. The van der Waals surface area contributed by atoms with E-state index in [9.17, 15) is 0 Å². The number of aryl methyl sites for hydroxylation is 1. The van der Waals surface area contributed by atoms with Crippen LogP contribution in [0.2, 0.25) is 0 Å². The fraction of sp³-hybridized carbons (Fsp3) is 0.400. The Morgan fingerprint density at radius 2 is 2.03 bits per heavy atom. The number of ether oxygens (including phenoxy) is 2. The Hall–Kier alpha value is -3.50. The number of hydrogen-bond donors (Lipinski definition) is 2. The molecule has 35 heavy (non-hydrogen) atoms. The Morgan fingerprint density at radius 1 is 1.17 bits per heavy atom. The molecule has 0 unspecified atom stereocenters. The van der Waals surface area contributed by atoms with Gasteiger partial charge in [-0.25, -0.2) is 4.39 Å². The van der Waals surface area contributed by atoms with E-state index in [0.717, 1.165) is 12.2 Å². The first-order chi connectivity index (χ1) is 16.8. The first kappa shape index (κ1) is 23.3. The maximum Gasteiger partial charge on any atom is 0.227 e. The number of halogens is 1. The molecule has 4 aromatic rings. The van der Waals surface area contributed by atoms with Crippen LogP contribution in [0.5, 0.6) is 0 Å². The van der Waals surface area contributed by atoms with Gasteiger partial charge in [0.25, 0.3) is 0 Å². The second-order valence-electron chi connectivity index (χ2n) is 9.65. The molecule has 1 atom stereocenters. The first-order valence-corrected chi connectivity index (χ1v) is 11.6. The molecule has 1 saturated heterocycles. The highest BCUT2D eigenvalue weighted by Crippen LogP contribution is 2.29. The highest BCUT2D eigenvalue weighted by Gasteiger charge is 2.21. The predicted octanol–water partition coefficient (Wildman–Crippen LogP) is 5.09. The van der Waals surface area contributed by atoms with Crippen LogP contribution in [-0.4, -0.2) is 44.4 Å². The Bertz CT molecular complexity index is 1340. The van der Waals surface area contributed by atoms with Gasteiger partial charge in [-0.1, -0.05) is 12.1 Å². The van der Waals surface area contributed by atoms with Gasteiger partial charge in [-0.2, -0.15) is 19.6 Å². The minimum atomic E-state index is -0.380. The summed E-state index contributed by atoms with van der Waals surface area (Å²) in [6.07, 6.45) is 2.42. The lowest BCUT2D eigenvalue weighted by Gasteiger charge is -2.20. The molecule has 1 fully saturated rings. The average molecular weight is 481 g/mol. The van der Waals surface area contributed by atoms with Crippen LogP contribution in [0.3, 0.4) is 0 Å². The van der Waals surface area contributed by atoms with Gasteiger partial charge in [-0.3, -0.25) is 0 Å². The van der Waals surface area contributed by atoms with Crippen LogP contribution >= 0.6 is 0 Å². The summed E-state index contributed by atoms with van der Waals surface area (Å²) in [4.78, 5) is 9.30. The van der Waals surface area contributed by atoms with E-state index in [-0.39, 0.29) is 24.1 Å². The van der Waals surface area contributed by atoms with E-state index in [1.54, 1.807) is 28.9 Å². The van der Waals surface area contributed by atoms with Crippen LogP contribution in [-0.2, 0) is 16.1 Å². The van der Waals surface area contributed by atoms with Crippen molar-refractivity contribution < 1.29 is 18.3 Å². The number of nitrogens with zero attached hydrogens (tertiary/aromatic N) is 4. The van der Waals surface area contributed by atoms with E-state index in [0.29, 0.717) is 53.3 Å². The minimum absolute atomic E-state index is 0.000251. The quantitative estimate of drug-likeness (QED) is 0.377. The molecule has 0 radical (unpaired) electrons. The summed E-state index contributed by atoms with van der Waals surface area (Å²) in [6.45, 7) is 9.33. The third-order valence-electron chi connectivity index (χ3n) is 5.53. The number of hydrogen-bond acceptors (Lipinski definition) is 8. The van der Waals surface area contributed by atoms with Crippen molar-refractivity contribution in [1.82, 2.24) is 19.6 Å². The van der Waals surface area contributed by atoms with Crippen molar-refractivity contribution in [2.75, 3.05) is 23.8 Å². The summed E-state index contributed by atoms with van der Waals surface area (Å²) in [5.74, 6) is 1.84. The molecule has 1 aliphatic rings. The smallest absolute Gasteiger partial charge is 0.227 e. The molecule has 184 valence electrons. The Kier molecular flexibility index (Phi) is 6.16. The zero-order chi connectivity index (χ0) is 24.6. The van der Waals surface area contributed by atoms with E-state index in [2.05, 4.69) is 25.7 Å². The zero-order valence-electron chi connectivity index (χ0n) is 20.3. The molecule has 0 saturated carbocycles. The van der Waals surface area contributed by atoms with E-state index >= 15 is 4.39 Å². The van der Waals surface area contributed by atoms with Gasteiger partial charge in [-0.15, -0.1) is 0 Å². The van der Waals surface area contributed by atoms with Gasteiger partial charge in [0.1, 0.15) is 11.4 Å². The number of anilines is 3. The lowest BCUT2D eigenvalue weighted by Crippen LogP contribution is -2.27. The largest absolute Gasteiger partial charge is 0.458 e. The lowest BCUT2D eigenvalue weighted by molar-refractivity contribution is 0.0305. The van der Waals surface area contributed by atoms with Crippen LogP contribution in [0.25, 0.3) is 17.2 Å². The fourth-order valence-electron chi connectivity index (χ4n) is 3.86.